The summed E-state index contributed by atoms with van der Waals surface area (Å²) in [6.07, 6.45) is 0. The van der Waals surface area contributed by atoms with Gasteiger partial charge in [0.25, 0.3) is 11.8 Å². The van der Waals surface area contributed by atoms with Crippen molar-refractivity contribution in [3.05, 3.63) is 71.0 Å². The smallest absolute Gasteiger partial charge is 0.342 e. The van der Waals surface area contributed by atoms with E-state index in [1.165, 1.54) is 30.3 Å². The second-order valence-electron chi connectivity index (χ2n) is 4.62. The highest BCUT2D eigenvalue weighted by molar-refractivity contribution is 6.21. The number of rotatable bonds is 3. The number of hydrogen-bond acceptors (Lipinski definition) is 4. The van der Waals surface area contributed by atoms with Gasteiger partial charge in [-0.2, -0.15) is 0 Å². The molecule has 0 spiro atoms. The van der Waals surface area contributed by atoms with Gasteiger partial charge in [0.15, 0.2) is 6.73 Å². The first-order valence-electron chi connectivity index (χ1n) is 6.46. The van der Waals surface area contributed by atoms with E-state index in [9.17, 15) is 18.8 Å². The van der Waals surface area contributed by atoms with Crippen LogP contribution in [-0.2, 0) is 4.74 Å². The van der Waals surface area contributed by atoms with E-state index >= 15 is 0 Å². The molecule has 0 N–H and O–H groups in total. The maximum absolute atomic E-state index is 13.5. The number of imide groups is 1. The molecule has 0 saturated heterocycles. The van der Waals surface area contributed by atoms with Crippen LogP contribution in [0.4, 0.5) is 4.39 Å². The van der Waals surface area contributed by atoms with E-state index < -0.39 is 30.3 Å². The summed E-state index contributed by atoms with van der Waals surface area (Å²) in [4.78, 5) is 36.7. The van der Waals surface area contributed by atoms with Crippen molar-refractivity contribution >= 4 is 17.8 Å². The minimum Gasteiger partial charge on any atom is -0.440 e. The fourth-order valence-corrected chi connectivity index (χ4v) is 2.18. The van der Waals surface area contributed by atoms with Gasteiger partial charge in [-0.25, -0.2) is 14.1 Å². The summed E-state index contributed by atoms with van der Waals surface area (Å²) >= 11 is 0. The number of esters is 1. The van der Waals surface area contributed by atoms with Gasteiger partial charge < -0.3 is 4.74 Å². The first-order valence-corrected chi connectivity index (χ1v) is 6.46. The summed E-state index contributed by atoms with van der Waals surface area (Å²) in [6, 6.07) is 11.6. The second-order valence-corrected chi connectivity index (χ2v) is 4.62. The number of amides is 2. The van der Waals surface area contributed by atoms with Gasteiger partial charge in [0.1, 0.15) is 5.82 Å². The van der Waals surface area contributed by atoms with Crippen LogP contribution in [0, 0.1) is 5.82 Å². The van der Waals surface area contributed by atoms with Crippen molar-refractivity contribution in [3.63, 3.8) is 0 Å². The molecule has 0 radical (unpaired) electrons. The van der Waals surface area contributed by atoms with E-state index in [0.717, 1.165) is 11.0 Å². The van der Waals surface area contributed by atoms with Crippen molar-refractivity contribution in [2.45, 2.75) is 0 Å². The minimum atomic E-state index is -0.936. The van der Waals surface area contributed by atoms with Gasteiger partial charge >= 0.3 is 5.97 Å². The number of benzene rings is 2. The van der Waals surface area contributed by atoms with Crippen LogP contribution in [0.5, 0.6) is 0 Å². The average Bonchev–Trinajstić information content (AvgIpc) is 2.77. The first kappa shape index (κ1) is 13.9. The van der Waals surface area contributed by atoms with Crippen LogP contribution in [0.25, 0.3) is 0 Å². The third kappa shape index (κ3) is 2.24. The Balaban J connectivity index is 1.73. The molecule has 0 fully saturated rings. The topological polar surface area (TPSA) is 63.7 Å². The molecule has 2 aromatic carbocycles. The highest BCUT2D eigenvalue weighted by Gasteiger charge is 2.35. The van der Waals surface area contributed by atoms with Crippen molar-refractivity contribution in [2.75, 3.05) is 6.73 Å². The molecule has 0 saturated carbocycles. The Labute approximate surface area is 124 Å². The van der Waals surface area contributed by atoms with Crippen molar-refractivity contribution in [2.24, 2.45) is 0 Å². The molecule has 3 rings (SSSR count). The number of nitrogens with zero attached hydrogens (tertiary/aromatic N) is 1. The molecular weight excluding hydrogens is 289 g/mol. The monoisotopic (exact) mass is 299 g/mol. The summed E-state index contributed by atoms with van der Waals surface area (Å²) in [5.41, 5.74) is 0.267. The average molecular weight is 299 g/mol. The molecular formula is C16H10FNO4. The summed E-state index contributed by atoms with van der Waals surface area (Å²) in [6.45, 7) is -0.556. The molecule has 2 aromatic rings. The molecule has 5 nitrogen and oxygen atoms in total. The maximum atomic E-state index is 13.5. The second kappa shape index (κ2) is 5.40. The normalized spacial score (nSPS) is 13.2. The van der Waals surface area contributed by atoms with E-state index in [1.807, 2.05) is 0 Å². The van der Waals surface area contributed by atoms with Crippen molar-refractivity contribution in [1.82, 2.24) is 4.90 Å². The molecule has 1 aliphatic rings. The number of carbonyl (C=O) groups excluding carboxylic acids is 3. The molecule has 0 bridgehead atoms. The predicted octanol–water partition coefficient (Wildman–Crippen LogP) is 2.24. The molecule has 6 heteroatoms. The zero-order chi connectivity index (χ0) is 15.7. The van der Waals surface area contributed by atoms with E-state index in [-0.39, 0.29) is 16.7 Å². The molecule has 1 heterocycles. The van der Waals surface area contributed by atoms with Gasteiger partial charge in [0, 0.05) is 0 Å². The molecule has 0 unspecified atom stereocenters. The Morgan fingerprint density at radius 2 is 1.50 bits per heavy atom. The van der Waals surface area contributed by atoms with Crippen LogP contribution in [0.15, 0.2) is 48.5 Å². The Kier molecular flexibility index (Phi) is 3.42. The van der Waals surface area contributed by atoms with Crippen LogP contribution in [-0.4, -0.2) is 29.4 Å². The van der Waals surface area contributed by atoms with Crippen LogP contribution < -0.4 is 0 Å². The Morgan fingerprint density at radius 1 is 0.955 bits per heavy atom. The SMILES string of the molecule is O=C(OCN1C(=O)c2ccccc2C1=O)c1ccccc1F. The lowest BCUT2D eigenvalue weighted by Crippen LogP contribution is -2.33. The quantitative estimate of drug-likeness (QED) is 0.644. The third-order valence-corrected chi connectivity index (χ3v) is 3.30. The van der Waals surface area contributed by atoms with Crippen LogP contribution in [0.3, 0.4) is 0 Å². The van der Waals surface area contributed by atoms with Gasteiger partial charge in [-0.15, -0.1) is 0 Å². The van der Waals surface area contributed by atoms with Gasteiger partial charge in [0.2, 0.25) is 0 Å². The Hall–Kier alpha value is -3.02. The molecule has 0 atom stereocenters. The van der Waals surface area contributed by atoms with Gasteiger partial charge in [-0.05, 0) is 24.3 Å². The van der Waals surface area contributed by atoms with Crippen LogP contribution in [0.2, 0.25) is 0 Å². The minimum absolute atomic E-state index is 0.251. The summed E-state index contributed by atoms with van der Waals surface area (Å²) in [5.74, 6) is -2.74. The van der Waals surface area contributed by atoms with Gasteiger partial charge in [-0.1, -0.05) is 24.3 Å². The fourth-order valence-electron chi connectivity index (χ4n) is 2.18. The lowest BCUT2D eigenvalue weighted by Gasteiger charge is -2.14. The molecule has 2 amide bonds. The molecule has 110 valence electrons. The van der Waals surface area contributed by atoms with E-state index in [4.69, 9.17) is 4.74 Å². The summed E-state index contributed by atoms with van der Waals surface area (Å²) < 4.78 is 18.3. The molecule has 22 heavy (non-hydrogen) atoms. The first-order chi connectivity index (χ1) is 10.6. The number of ether oxygens (including phenoxy) is 1. The summed E-state index contributed by atoms with van der Waals surface area (Å²) in [7, 11) is 0. The fraction of sp³-hybridized carbons (Fsp3) is 0.0625. The lowest BCUT2D eigenvalue weighted by atomic mass is 10.1. The summed E-state index contributed by atoms with van der Waals surface area (Å²) in [5, 5.41) is 0. The van der Waals surface area contributed by atoms with E-state index in [1.54, 1.807) is 12.1 Å². The lowest BCUT2D eigenvalue weighted by molar-refractivity contribution is 0.0225. The number of fused-ring (bicyclic) bond motifs is 1. The number of halogens is 1. The van der Waals surface area contributed by atoms with Crippen molar-refractivity contribution < 1.29 is 23.5 Å². The predicted molar refractivity (Wildman–Crippen MR) is 73.6 cm³/mol. The van der Waals surface area contributed by atoms with Crippen LogP contribution >= 0.6 is 0 Å². The van der Waals surface area contributed by atoms with Crippen molar-refractivity contribution in [3.8, 4) is 0 Å². The molecule has 0 aromatic heterocycles. The highest BCUT2D eigenvalue weighted by atomic mass is 19.1. The standard InChI is InChI=1S/C16H10FNO4/c17-13-8-4-3-7-12(13)16(21)22-9-18-14(19)10-5-1-2-6-11(10)15(18)20/h1-8H,9H2. The molecule has 0 aliphatic carbocycles. The zero-order valence-corrected chi connectivity index (χ0v) is 11.3. The highest BCUT2D eigenvalue weighted by Crippen LogP contribution is 2.22. The number of carbonyl (C=O) groups is 3. The zero-order valence-electron chi connectivity index (χ0n) is 11.3. The van der Waals surface area contributed by atoms with Gasteiger partial charge in [-0.3, -0.25) is 9.59 Å². The Bertz CT molecular complexity index is 752. The number of hydrogen-bond donors (Lipinski definition) is 0. The van der Waals surface area contributed by atoms with E-state index in [2.05, 4.69) is 0 Å². The third-order valence-electron chi connectivity index (χ3n) is 3.30. The van der Waals surface area contributed by atoms with Crippen LogP contribution in [0.1, 0.15) is 31.1 Å². The maximum Gasteiger partial charge on any atom is 0.342 e. The van der Waals surface area contributed by atoms with Gasteiger partial charge in [0.05, 0.1) is 16.7 Å². The van der Waals surface area contributed by atoms with E-state index in [0.29, 0.717) is 0 Å². The molecule has 1 aliphatic heterocycles. The van der Waals surface area contributed by atoms with Crippen molar-refractivity contribution in [1.29, 1.82) is 0 Å². The Morgan fingerprint density at radius 3 is 2.09 bits per heavy atom. The largest absolute Gasteiger partial charge is 0.440 e.